The summed E-state index contributed by atoms with van der Waals surface area (Å²) in [6.07, 6.45) is 2.59. The van der Waals surface area contributed by atoms with Gasteiger partial charge in [0.25, 0.3) is 0 Å². The van der Waals surface area contributed by atoms with E-state index in [9.17, 15) is 4.79 Å². The quantitative estimate of drug-likeness (QED) is 0.661. The Morgan fingerprint density at radius 2 is 2.20 bits per heavy atom. The molecule has 0 radical (unpaired) electrons. The third kappa shape index (κ3) is 5.14. The van der Waals surface area contributed by atoms with E-state index >= 15 is 0 Å². The molecule has 0 aromatic rings. The molecule has 0 aliphatic carbocycles. The molecule has 0 saturated carbocycles. The van der Waals surface area contributed by atoms with Gasteiger partial charge in [0.05, 0.1) is 11.7 Å². The second-order valence-corrected chi connectivity index (χ2v) is 4.73. The summed E-state index contributed by atoms with van der Waals surface area (Å²) in [5.74, 6) is 0.0232. The van der Waals surface area contributed by atoms with E-state index in [1.54, 1.807) is 0 Å². The predicted octanol–water partition coefficient (Wildman–Crippen LogP) is 0.670. The fraction of sp³-hybridized carbons (Fsp3) is 0.909. The van der Waals surface area contributed by atoms with Crippen LogP contribution in [0.25, 0.3) is 0 Å². The fourth-order valence-corrected chi connectivity index (χ4v) is 1.81. The van der Waals surface area contributed by atoms with Gasteiger partial charge in [-0.05, 0) is 26.7 Å². The van der Waals surface area contributed by atoms with E-state index in [0.717, 1.165) is 25.9 Å². The van der Waals surface area contributed by atoms with Gasteiger partial charge in [-0.15, -0.1) is 0 Å². The lowest BCUT2D eigenvalue weighted by atomic mass is 10.1. The third-order valence-corrected chi connectivity index (χ3v) is 2.60. The molecule has 0 bridgehead atoms. The highest BCUT2D eigenvalue weighted by Crippen LogP contribution is 2.28. The van der Waals surface area contributed by atoms with Crippen molar-refractivity contribution in [2.75, 3.05) is 19.6 Å². The Hall–Kier alpha value is -0.610. The Morgan fingerprint density at radius 1 is 1.47 bits per heavy atom. The highest BCUT2D eigenvalue weighted by molar-refractivity contribution is 5.72. The molecule has 88 valence electrons. The van der Waals surface area contributed by atoms with Crippen molar-refractivity contribution < 1.29 is 9.53 Å². The molecule has 1 atom stereocenters. The summed E-state index contributed by atoms with van der Waals surface area (Å²) in [6.45, 7) is 8.16. The Morgan fingerprint density at radius 3 is 2.73 bits per heavy atom. The number of carbonyl (C=O) groups excluding carboxylic acids is 1. The van der Waals surface area contributed by atoms with Crippen molar-refractivity contribution in [1.29, 1.82) is 0 Å². The third-order valence-electron chi connectivity index (χ3n) is 2.60. The minimum atomic E-state index is 0.0232. The van der Waals surface area contributed by atoms with Crippen LogP contribution in [0.15, 0.2) is 0 Å². The van der Waals surface area contributed by atoms with Crippen molar-refractivity contribution in [1.82, 2.24) is 10.6 Å². The average Bonchev–Trinajstić information content (AvgIpc) is 2.44. The number of hydrogen-bond acceptors (Lipinski definition) is 3. The van der Waals surface area contributed by atoms with Crippen LogP contribution in [0.5, 0.6) is 0 Å². The van der Waals surface area contributed by atoms with Gasteiger partial charge >= 0.3 is 0 Å². The molecule has 4 heteroatoms. The summed E-state index contributed by atoms with van der Waals surface area (Å²) in [4.78, 5) is 10.6. The van der Waals surface area contributed by atoms with E-state index in [4.69, 9.17) is 4.74 Å². The van der Waals surface area contributed by atoms with E-state index in [0.29, 0.717) is 12.6 Å². The maximum atomic E-state index is 10.6. The van der Waals surface area contributed by atoms with Crippen molar-refractivity contribution >= 4 is 5.91 Å². The van der Waals surface area contributed by atoms with Gasteiger partial charge in [0.15, 0.2) is 0 Å². The molecular weight excluding hydrogens is 192 g/mol. The summed E-state index contributed by atoms with van der Waals surface area (Å²) < 4.78 is 5.83. The highest BCUT2D eigenvalue weighted by Gasteiger charge is 2.30. The number of nitrogens with one attached hydrogen (secondary N) is 2. The normalized spacial score (nSPS) is 24.1. The fourth-order valence-electron chi connectivity index (χ4n) is 1.81. The zero-order chi connectivity index (χ0) is 11.3. The van der Waals surface area contributed by atoms with Crippen LogP contribution in [0, 0.1) is 0 Å². The summed E-state index contributed by atoms with van der Waals surface area (Å²) in [7, 11) is 0. The number of carbonyl (C=O) groups is 1. The highest BCUT2D eigenvalue weighted by atomic mass is 16.5. The zero-order valence-corrected chi connectivity index (χ0v) is 9.93. The molecule has 1 amide bonds. The van der Waals surface area contributed by atoms with Crippen LogP contribution in [-0.2, 0) is 9.53 Å². The van der Waals surface area contributed by atoms with Gasteiger partial charge in [-0.3, -0.25) is 4.79 Å². The van der Waals surface area contributed by atoms with Crippen molar-refractivity contribution in [3.63, 3.8) is 0 Å². The molecule has 1 unspecified atom stereocenters. The van der Waals surface area contributed by atoms with E-state index in [2.05, 4.69) is 24.5 Å². The minimum Gasteiger partial charge on any atom is -0.371 e. The van der Waals surface area contributed by atoms with Crippen molar-refractivity contribution in [3.8, 4) is 0 Å². The van der Waals surface area contributed by atoms with E-state index in [-0.39, 0.29) is 11.5 Å². The van der Waals surface area contributed by atoms with Gasteiger partial charge < -0.3 is 15.4 Å². The van der Waals surface area contributed by atoms with E-state index in [1.165, 1.54) is 6.92 Å². The van der Waals surface area contributed by atoms with Gasteiger partial charge in [-0.2, -0.15) is 0 Å². The lowest BCUT2D eigenvalue weighted by molar-refractivity contribution is -0.118. The molecule has 0 spiro atoms. The molecule has 1 fully saturated rings. The number of ether oxygens (including phenoxy) is 1. The van der Waals surface area contributed by atoms with E-state index in [1.807, 2.05) is 0 Å². The first kappa shape index (κ1) is 12.5. The maximum Gasteiger partial charge on any atom is 0.216 e. The molecule has 1 heterocycles. The van der Waals surface area contributed by atoms with Gasteiger partial charge in [-0.25, -0.2) is 0 Å². The molecule has 15 heavy (non-hydrogen) atoms. The smallest absolute Gasteiger partial charge is 0.216 e. The average molecular weight is 214 g/mol. The molecule has 1 saturated heterocycles. The number of rotatable bonds is 5. The lowest BCUT2D eigenvalue weighted by Gasteiger charge is -2.19. The molecule has 1 aliphatic rings. The van der Waals surface area contributed by atoms with Crippen LogP contribution in [0.1, 0.15) is 33.6 Å². The second-order valence-electron chi connectivity index (χ2n) is 4.73. The second kappa shape index (κ2) is 5.47. The molecule has 4 nitrogen and oxygen atoms in total. The first-order valence-electron chi connectivity index (χ1n) is 5.62. The van der Waals surface area contributed by atoms with Crippen LogP contribution in [0.3, 0.4) is 0 Å². The number of amides is 1. The molecular formula is C11H22N2O2. The first-order valence-corrected chi connectivity index (χ1v) is 5.62. The summed E-state index contributed by atoms with van der Waals surface area (Å²) in [5, 5.41) is 6.03. The molecule has 1 rings (SSSR count). The van der Waals surface area contributed by atoms with Crippen molar-refractivity contribution in [3.05, 3.63) is 0 Å². The molecule has 2 N–H and O–H groups in total. The van der Waals surface area contributed by atoms with Gasteiger partial charge in [0.1, 0.15) is 0 Å². The minimum absolute atomic E-state index is 0.0232. The Bertz CT molecular complexity index is 217. The van der Waals surface area contributed by atoms with Crippen LogP contribution >= 0.6 is 0 Å². The summed E-state index contributed by atoms with van der Waals surface area (Å²) >= 11 is 0. The van der Waals surface area contributed by atoms with Crippen LogP contribution < -0.4 is 10.6 Å². The summed E-state index contributed by atoms with van der Waals surface area (Å²) in [5.41, 5.74) is 0.0456. The van der Waals surface area contributed by atoms with Gasteiger partial charge in [0, 0.05) is 26.6 Å². The Labute approximate surface area is 91.8 Å². The first-order chi connectivity index (χ1) is 6.99. The van der Waals surface area contributed by atoms with Gasteiger partial charge in [-0.1, -0.05) is 0 Å². The molecule has 1 aliphatic heterocycles. The SMILES string of the molecule is CC(=O)NCCNCC1CCC(C)(C)O1. The zero-order valence-electron chi connectivity index (χ0n) is 9.93. The van der Waals surface area contributed by atoms with Crippen LogP contribution in [0.4, 0.5) is 0 Å². The maximum absolute atomic E-state index is 10.6. The van der Waals surface area contributed by atoms with Gasteiger partial charge in [0.2, 0.25) is 5.91 Å². The Kier molecular flexibility index (Phi) is 4.54. The largest absolute Gasteiger partial charge is 0.371 e. The summed E-state index contributed by atoms with van der Waals surface area (Å²) in [6, 6.07) is 0. The number of hydrogen-bond donors (Lipinski definition) is 2. The van der Waals surface area contributed by atoms with Crippen LogP contribution in [-0.4, -0.2) is 37.2 Å². The molecule has 0 aromatic carbocycles. The van der Waals surface area contributed by atoms with Crippen molar-refractivity contribution in [2.24, 2.45) is 0 Å². The topological polar surface area (TPSA) is 50.4 Å². The van der Waals surface area contributed by atoms with Crippen LogP contribution in [0.2, 0.25) is 0 Å². The van der Waals surface area contributed by atoms with E-state index < -0.39 is 0 Å². The molecule has 0 aromatic heterocycles. The predicted molar refractivity (Wildman–Crippen MR) is 59.7 cm³/mol. The monoisotopic (exact) mass is 214 g/mol. The Balaban J connectivity index is 1.99. The standard InChI is InChI=1S/C11H22N2O2/c1-9(14)13-7-6-12-8-10-4-5-11(2,3)15-10/h10,12H,4-8H2,1-3H3,(H,13,14). The van der Waals surface area contributed by atoms with Crippen molar-refractivity contribution in [2.45, 2.75) is 45.3 Å². The lowest BCUT2D eigenvalue weighted by Crippen LogP contribution is -2.35.